The van der Waals surface area contributed by atoms with E-state index in [1.807, 2.05) is 0 Å². The summed E-state index contributed by atoms with van der Waals surface area (Å²) in [6, 6.07) is -5.43. The van der Waals surface area contributed by atoms with Crippen LogP contribution in [-0.2, 0) is 28.8 Å². The Morgan fingerprint density at radius 2 is 1.31 bits per heavy atom. The second-order valence-electron chi connectivity index (χ2n) is 7.47. The maximum Gasteiger partial charge on any atom is 0.326 e. The third-order valence-electron chi connectivity index (χ3n) is 4.15. The standard InChI is InChI=1S/C18H30N4O9S/c1-8(2)5-11(18(30)31)21-17(29)12(7-32)22-16(28)10(6-14(25)26)20-15(27)9(19)3-4-13(23)24/h8-12,32H,3-7,19H2,1-2H3,(H,20,27)(H,21,29)(H,22,28)(H,23,24)(H,25,26)(H,30,31). The van der Waals surface area contributed by atoms with Gasteiger partial charge in [0, 0.05) is 12.2 Å². The molecule has 4 atom stereocenters. The van der Waals surface area contributed by atoms with Gasteiger partial charge in [0.1, 0.15) is 18.1 Å². The van der Waals surface area contributed by atoms with E-state index >= 15 is 0 Å². The van der Waals surface area contributed by atoms with Crippen LogP contribution in [0.2, 0.25) is 0 Å². The van der Waals surface area contributed by atoms with Crippen LogP contribution in [0.5, 0.6) is 0 Å². The van der Waals surface area contributed by atoms with Crippen LogP contribution in [0.3, 0.4) is 0 Å². The van der Waals surface area contributed by atoms with Gasteiger partial charge in [-0.2, -0.15) is 12.6 Å². The molecule has 0 bridgehead atoms. The van der Waals surface area contributed by atoms with Gasteiger partial charge in [0.15, 0.2) is 0 Å². The molecule has 0 saturated heterocycles. The van der Waals surface area contributed by atoms with Crippen LogP contribution in [0, 0.1) is 5.92 Å². The van der Waals surface area contributed by atoms with Gasteiger partial charge >= 0.3 is 17.9 Å². The Kier molecular flexibility index (Phi) is 13.0. The zero-order valence-corrected chi connectivity index (χ0v) is 18.6. The summed E-state index contributed by atoms with van der Waals surface area (Å²) in [6.45, 7) is 3.53. The average Bonchev–Trinajstić information content (AvgIpc) is 2.67. The van der Waals surface area contributed by atoms with E-state index in [4.69, 9.17) is 15.9 Å². The van der Waals surface area contributed by atoms with E-state index in [-0.39, 0.29) is 24.5 Å². The van der Waals surface area contributed by atoms with Crippen LogP contribution >= 0.6 is 12.6 Å². The van der Waals surface area contributed by atoms with Gasteiger partial charge in [-0.1, -0.05) is 13.8 Å². The van der Waals surface area contributed by atoms with Crippen molar-refractivity contribution in [2.24, 2.45) is 11.7 Å². The smallest absolute Gasteiger partial charge is 0.326 e. The molecule has 0 aromatic carbocycles. The molecule has 182 valence electrons. The first-order chi connectivity index (χ1) is 14.8. The molecule has 0 spiro atoms. The Bertz CT molecular complexity index is 717. The summed E-state index contributed by atoms with van der Waals surface area (Å²) < 4.78 is 0. The number of carbonyl (C=O) groups is 6. The number of carbonyl (C=O) groups excluding carboxylic acids is 3. The minimum Gasteiger partial charge on any atom is -0.481 e. The highest BCUT2D eigenvalue weighted by atomic mass is 32.1. The number of rotatable bonds is 15. The number of nitrogens with one attached hydrogen (secondary N) is 3. The minimum absolute atomic E-state index is 0.0408. The van der Waals surface area contributed by atoms with Crippen molar-refractivity contribution in [1.29, 1.82) is 0 Å². The predicted molar refractivity (Wildman–Crippen MR) is 114 cm³/mol. The van der Waals surface area contributed by atoms with Gasteiger partial charge in [0.05, 0.1) is 12.5 Å². The molecule has 3 amide bonds. The van der Waals surface area contributed by atoms with Crippen molar-refractivity contribution >= 4 is 48.3 Å². The van der Waals surface area contributed by atoms with Crippen LogP contribution in [-0.4, -0.2) is 80.9 Å². The number of carboxylic acid groups (broad SMARTS) is 3. The van der Waals surface area contributed by atoms with E-state index < -0.39 is 72.6 Å². The van der Waals surface area contributed by atoms with Gasteiger partial charge in [-0.05, 0) is 18.8 Å². The molecule has 32 heavy (non-hydrogen) atoms. The minimum atomic E-state index is -1.61. The Morgan fingerprint density at radius 3 is 1.75 bits per heavy atom. The van der Waals surface area contributed by atoms with Crippen LogP contribution in [0.15, 0.2) is 0 Å². The summed E-state index contributed by atoms with van der Waals surface area (Å²) >= 11 is 3.96. The second kappa shape index (κ2) is 14.2. The highest BCUT2D eigenvalue weighted by Crippen LogP contribution is 2.06. The molecule has 8 N–H and O–H groups in total. The lowest BCUT2D eigenvalue weighted by Gasteiger charge is -2.24. The summed E-state index contributed by atoms with van der Waals surface area (Å²) in [4.78, 5) is 70.0. The van der Waals surface area contributed by atoms with E-state index in [1.54, 1.807) is 13.8 Å². The van der Waals surface area contributed by atoms with Crippen molar-refractivity contribution in [3.8, 4) is 0 Å². The van der Waals surface area contributed by atoms with Crippen molar-refractivity contribution < 1.29 is 44.1 Å². The fourth-order valence-electron chi connectivity index (χ4n) is 2.50. The molecule has 0 aromatic rings. The summed E-state index contributed by atoms with van der Waals surface area (Å²) in [6.07, 6.45) is -1.35. The monoisotopic (exact) mass is 478 g/mol. The van der Waals surface area contributed by atoms with Crippen molar-refractivity contribution in [3.05, 3.63) is 0 Å². The van der Waals surface area contributed by atoms with Gasteiger partial charge in [-0.15, -0.1) is 0 Å². The highest BCUT2D eigenvalue weighted by Gasteiger charge is 2.31. The van der Waals surface area contributed by atoms with E-state index in [0.29, 0.717) is 0 Å². The Balaban J connectivity index is 5.24. The van der Waals surface area contributed by atoms with E-state index in [0.717, 1.165) is 0 Å². The quantitative estimate of drug-likeness (QED) is 0.123. The molecule has 0 aromatic heterocycles. The number of thiol groups is 1. The van der Waals surface area contributed by atoms with Gasteiger partial charge in [-0.3, -0.25) is 24.0 Å². The lowest BCUT2D eigenvalue weighted by molar-refractivity contribution is -0.143. The molecular formula is C18H30N4O9S. The Morgan fingerprint density at radius 1 is 0.812 bits per heavy atom. The third kappa shape index (κ3) is 11.5. The Hall–Kier alpha value is -2.87. The molecule has 0 aliphatic heterocycles. The van der Waals surface area contributed by atoms with Crippen LogP contribution in [0.1, 0.15) is 39.5 Å². The number of carboxylic acids is 3. The number of nitrogens with two attached hydrogens (primary N) is 1. The molecule has 0 saturated carbocycles. The number of hydrogen-bond acceptors (Lipinski definition) is 8. The predicted octanol–water partition coefficient (Wildman–Crippen LogP) is -1.83. The molecule has 14 heteroatoms. The molecule has 0 radical (unpaired) electrons. The summed E-state index contributed by atoms with van der Waals surface area (Å²) in [7, 11) is 0. The highest BCUT2D eigenvalue weighted by molar-refractivity contribution is 7.80. The molecule has 0 aliphatic carbocycles. The largest absolute Gasteiger partial charge is 0.481 e. The lowest BCUT2D eigenvalue weighted by Crippen LogP contribution is -2.58. The van der Waals surface area contributed by atoms with Crippen molar-refractivity contribution in [2.75, 3.05) is 5.75 Å². The topological polar surface area (TPSA) is 225 Å². The summed E-state index contributed by atoms with van der Waals surface area (Å²) in [5.41, 5.74) is 5.56. The number of amides is 3. The second-order valence-corrected chi connectivity index (χ2v) is 7.84. The first-order valence-electron chi connectivity index (χ1n) is 9.72. The van der Waals surface area contributed by atoms with Crippen LogP contribution in [0.4, 0.5) is 0 Å². The zero-order valence-electron chi connectivity index (χ0n) is 17.7. The van der Waals surface area contributed by atoms with Gasteiger partial charge in [0.25, 0.3) is 0 Å². The Labute approximate surface area is 189 Å². The summed E-state index contributed by atoms with van der Waals surface area (Å²) in [5, 5.41) is 33.6. The zero-order chi connectivity index (χ0) is 25.0. The molecule has 0 aliphatic rings. The molecule has 0 heterocycles. The lowest BCUT2D eigenvalue weighted by atomic mass is 10.0. The fourth-order valence-corrected chi connectivity index (χ4v) is 2.76. The molecule has 13 nitrogen and oxygen atoms in total. The van der Waals surface area contributed by atoms with Crippen molar-refractivity contribution in [2.45, 2.75) is 63.7 Å². The third-order valence-corrected chi connectivity index (χ3v) is 4.52. The average molecular weight is 479 g/mol. The van der Waals surface area contributed by atoms with E-state index in [9.17, 15) is 33.9 Å². The van der Waals surface area contributed by atoms with Gasteiger partial charge in [0.2, 0.25) is 17.7 Å². The van der Waals surface area contributed by atoms with Crippen molar-refractivity contribution in [3.63, 3.8) is 0 Å². The molecular weight excluding hydrogens is 448 g/mol. The summed E-state index contributed by atoms with van der Waals surface area (Å²) in [5.74, 6) is -6.98. The maximum atomic E-state index is 12.5. The first-order valence-corrected chi connectivity index (χ1v) is 10.4. The van der Waals surface area contributed by atoms with Gasteiger partial charge < -0.3 is 37.0 Å². The molecule has 0 fully saturated rings. The van der Waals surface area contributed by atoms with Crippen LogP contribution in [0.25, 0.3) is 0 Å². The SMILES string of the molecule is CC(C)CC(NC(=O)C(CS)NC(=O)C(CC(=O)O)NC(=O)C(N)CCC(=O)O)C(=O)O. The van der Waals surface area contributed by atoms with E-state index in [1.165, 1.54) is 0 Å². The fraction of sp³-hybridized carbons (Fsp3) is 0.667. The molecule has 4 unspecified atom stereocenters. The maximum absolute atomic E-state index is 12.5. The van der Waals surface area contributed by atoms with E-state index in [2.05, 4.69) is 28.6 Å². The van der Waals surface area contributed by atoms with Crippen molar-refractivity contribution in [1.82, 2.24) is 16.0 Å². The number of hydrogen-bond donors (Lipinski definition) is 8. The van der Waals surface area contributed by atoms with Crippen LogP contribution < -0.4 is 21.7 Å². The normalized spacial score (nSPS) is 14.5. The molecule has 0 rings (SSSR count). The first kappa shape index (κ1) is 29.1. The van der Waals surface area contributed by atoms with Gasteiger partial charge in [-0.25, -0.2) is 4.79 Å². The number of aliphatic carboxylic acids is 3.